The van der Waals surface area contributed by atoms with Crippen molar-refractivity contribution in [1.82, 2.24) is 9.88 Å². The van der Waals surface area contributed by atoms with Gasteiger partial charge in [-0.15, -0.1) is 0 Å². The Hall–Kier alpha value is -3.18. The molecule has 280 valence electrons. The molecule has 7 rings (SSSR count). The molecule has 4 aliphatic rings. The number of aromatic hydroxyl groups is 1. The number of amides is 2. The Bertz CT molecular complexity index is 1700. The molecular weight excluding hydrogens is 720 g/mol. The van der Waals surface area contributed by atoms with Crippen molar-refractivity contribution in [3.8, 4) is 11.5 Å². The van der Waals surface area contributed by atoms with Gasteiger partial charge < -0.3 is 30.0 Å². The molecule has 1 saturated heterocycles. The van der Waals surface area contributed by atoms with E-state index in [-0.39, 0.29) is 17.6 Å². The van der Waals surface area contributed by atoms with Crippen molar-refractivity contribution in [2.45, 2.75) is 96.7 Å². The summed E-state index contributed by atoms with van der Waals surface area (Å²) in [4.78, 5) is 19.5. The predicted molar refractivity (Wildman–Crippen MR) is 208 cm³/mol. The Morgan fingerprint density at radius 3 is 2.81 bits per heavy atom. The normalized spacial score (nSPS) is 27.0. The van der Waals surface area contributed by atoms with Crippen LogP contribution in [0.25, 0.3) is 0 Å². The Morgan fingerprint density at radius 2 is 1.96 bits per heavy atom. The van der Waals surface area contributed by atoms with Gasteiger partial charge in [0.25, 0.3) is 0 Å². The molecule has 0 radical (unpaired) electrons. The Balaban J connectivity index is 0.824. The van der Waals surface area contributed by atoms with Gasteiger partial charge in [-0.3, -0.25) is 9.88 Å². The van der Waals surface area contributed by atoms with Crippen molar-refractivity contribution in [3.63, 3.8) is 0 Å². The van der Waals surface area contributed by atoms with Crippen molar-refractivity contribution < 1.29 is 24.1 Å². The first-order valence-corrected chi connectivity index (χ1v) is 20.2. The molecule has 3 aromatic rings. The molecule has 52 heavy (non-hydrogen) atoms. The highest BCUT2D eigenvalue weighted by Crippen LogP contribution is 2.61. The molecule has 0 unspecified atom stereocenters. The van der Waals surface area contributed by atoms with Gasteiger partial charge in [0, 0.05) is 29.9 Å². The van der Waals surface area contributed by atoms with Crippen LogP contribution in [0.4, 0.5) is 16.2 Å². The lowest BCUT2D eigenvalue weighted by atomic mass is 9.55. The van der Waals surface area contributed by atoms with Crippen LogP contribution < -0.4 is 15.4 Å². The summed E-state index contributed by atoms with van der Waals surface area (Å²) in [5.41, 5.74) is 6.27. The summed E-state index contributed by atoms with van der Waals surface area (Å²) in [6.07, 6.45) is 12.7. The molecule has 0 spiro atoms. The average molecular weight is 776 g/mol. The number of carbonyl (C=O) groups is 1. The quantitative estimate of drug-likeness (QED) is 0.158. The third-order valence-electron chi connectivity index (χ3n) is 12.4. The van der Waals surface area contributed by atoms with Crippen molar-refractivity contribution in [2.75, 3.05) is 50.1 Å². The molecule has 3 fully saturated rings. The van der Waals surface area contributed by atoms with E-state index in [1.807, 2.05) is 50.2 Å². The smallest absolute Gasteiger partial charge is 0.323 e. The van der Waals surface area contributed by atoms with E-state index in [4.69, 9.17) is 14.2 Å². The van der Waals surface area contributed by atoms with Gasteiger partial charge in [-0.2, -0.15) is 0 Å². The fourth-order valence-corrected chi connectivity index (χ4v) is 9.94. The number of ether oxygens (including phenoxy) is 3. The molecule has 0 bridgehead atoms. The summed E-state index contributed by atoms with van der Waals surface area (Å²) >= 11 is 3.59. The van der Waals surface area contributed by atoms with Crippen LogP contribution in [0.1, 0.15) is 86.6 Å². The number of morpholine rings is 1. The second-order valence-electron chi connectivity index (χ2n) is 15.8. The number of unbranched alkanes of at least 4 members (excludes halogenated alkanes) is 2. The van der Waals surface area contributed by atoms with Crippen LogP contribution in [0.15, 0.2) is 53.1 Å². The number of urea groups is 1. The number of rotatable bonds is 12. The largest absolute Gasteiger partial charge is 0.508 e. The number of hydrogen-bond acceptors (Lipinski definition) is 7. The fraction of sp³-hybridized carbons (Fsp3) is 0.571. The maximum absolute atomic E-state index is 12.8. The van der Waals surface area contributed by atoms with Gasteiger partial charge in [-0.1, -0.05) is 28.9 Å². The number of aromatic nitrogens is 1. The first-order chi connectivity index (χ1) is 25.2. The highest BCUT2D eigenvalue weighted by molar-refractivity contribution is 9.10. The number of anilines is 2. The minimum absolute atomic E-state index is 0.0442. The summed E-state index contributed by atoms with van der Waals surface area (Å²) in [5, 5.41) is 15.8. The molecule has 2 heterocycles. The second kappa shape index (κ2) is 16.5. The zero-order valence-corrected chi connectivity index (χ0v) is 32.6. The lowest BCUT2D eigenvalue weighted by Crippen LogP contribution is -2.45. The number of benzene rings is 2. The van der Waals surface area contributed by atoms with E-state index in [1.54, 1.807) is 6.20 Å². The number of aryl methyl sites for hydroxylation is 3. The predicted octanol–water partition coefficient (Wildman–Crippen LogP) is 9.00. The van der Waals surface area contributed by atoms with Crippen LogP contribution in [0.5, 0.6) is 11.5 Å². The molecule has 6 atom stereocenters. The zero-order valence-electron chi connectivity index (χ0n) is 31.0. The van der Waals surface area contributed by atoms with Crippen LogP contribution in [-0.2, 0) is 15.9 Å². The summed E-state index contributed by atoms with van der Waals surface area (Å²) in [7, 11) is 0. The number of phenolic OH excluding ortho intramolecular Hbond substituents is 1. The van der Waals surface area contributed by atoms with Gasteiger partial charge >= 0.3 is 6.03 Å². The molecular formula is C42H55BrN4O5. The monoisotopic (exact) mass is 774 g/mol. The fourth-order valence-electron chi connectivity index (χ4n) is 9.60. The average Bonchev–Trinajstić information content (AvgIpc) is 3.47. The molecule has 2 amide bonds. The van der Waals surface area contributed by atoms with Crippen molar-refractivity contribution in [1.29, 1.82) is 0 Å². The molecule has 10 heteroatoms. The molecule has 2 saturated carbocycles. The Kier molecular flexibility index (Phi) is 11.8. The van der Waals surface area contributed by atoms with Crippen LogP contribution in [0.3, 0.4) is 0 Å². The van der Waals surface area contributed by atoms with Crippen molar-refractivity contribution >= 4 is 33.3 Å². The third-order valence-corrected chi connectivity index (χ3v) is 13.2. The third kappa shape index (κ3) is 8.46. The minimum Gasteiger partial charge on any atom is -0.508 e. The van der Waals surface area contributed by atoms with Gasteiger partial charge in [0.1, 0.15) is 24.2 Å². The summed E-state index contributed by atoms with van der Waals surface area (Å²) in [5.74, 6) is 3.16. The van der Waals surface area contributed by atoms with Crippen LogP contribution in [0.2, 0.25) is 0 Å². The molecule has 3 N–H and O–H groups in total. The highest BCUT2D eigenvalue weighted by atomic mass is 79.9. The summed E-state index contributed by atoms with van der Waals surface area (Å²) < 4.78 is 19.9. The zero-order chi connectivity index (χ0) is 36.2. The minimum atomic E-state index is -0.361. The topological polar surface area (TPSA) is 105 Å². The van der Waals surface area contributed by atoms with E-state index in [2.05, 4.69) is 49.4 Å². The van der Waals surface area contributed by atoms with Gasteiger partial charge in [-0.25, -0.2) is 4.79 Å². The number of phenols is 1. The highest BCUT2D eigenvalue weighted by Gasteiger charge is 2.55. The number of pyridine rings is 1. The molecule has 1 aromatic heterocycles. The molecule has 9 nitrogen and oxygen atoms in total. The van der Waals surface area contributed by atoms with E-state index in [9.17, 15) is 9.90 Å². The number of hydrogen-bond donors (Lipinski definition) is 3. The second-order valence-corrected chi connectivity index (χ2v) is 16.7. The maximum atomic E-state index is 12.8. The number of halogens is 1. The molecule has 2 aromatic carbocycles. The summed E-state index contributed by atoms with van der Waals surface area (Å²) in [6.45, 7) is 11.2. The lowest BCUT2D eigenvalue weighted by molar-refractivity contribution is -0.0651. The molecule has 3 aliphatic carbocycles. The lowest BCUT2D eigenvalue weighted by Gasteiger charge is -2.50. The number of fused-ring (bicyclic) bond motifs is 5. The van der Waals surface area contributed by atoms with E-state index in [0.717, 1.165) is 79.5 Å². The number of nitrogens with one attached hydrogen (secondary N) is 2. The van der Waals surface area contributed by atoms with Crippen LogP contribution >= 0.6 is 15.9 Å². The van der Waals surface area contributed by atoms with Crippen LogP contribution in [0, 0.1) is 31.1 Å². The van der Waals surface area contributed by atoms with E-state index in [1.165, 1.54) is 43.2 Å². The van der Waals surface area contributed by atoms with Gasteiger partial charge in [0.2, 0.25) is 0 Å². The standard InChI is InChI=1S/C42H55BrN4O5/c1-27-21-39(38(23-37(27)43)46-41(49)45-30-9-7-28(2)44-24-30)52-26-32-25-47(18-20-50-32)17-5-4-6-19-51-40-14-13-36-35-11-8-29-22-31(48)10-12-33(29)34(35)15-16-42(36,40)3/h7,9-10,12,21-24,32,34-36,40,48H,4-6,8,11,13-20,25-26H2,1-3H3,(H2,45,46,49)/t32-,34+,35+,36-,40-,42-/m0/s1. The van der Waals surface area contributed by atoms with E-state index >= 15 is 0 Å². The number of carbonyl (C=O) groups excluding carboxylic acids is 1. The van der Waals surface area contributed by atoms with E-state index < -0.39 is 0 Å². The summed E-state index contributed by atoms with van der Waals surface area (Å²) in [6, 6.07) is 13.2. The van der Waals surface area contributed by atoms with E-state index in [0.29, 0.717) is 48.1 Å². The SMILES string of the molecule is Cc1ccc(NC(=O)Nc2cc(Br)c(C)cc2OC[C@@H]2CN(CCCCCO[C@H]3CC[C@H]4[C@@H]5CCc6cc(O)ccc6[C@H]5CC[C@]34C)CCO2)cn1. The van der Waals surface area contributed by atoms with Crippen molar-refractivity contribution in [3.05, 3.63) is 75.5 Å². The first-order valence-electron chi connectivity index (χ1n) is 19.4. The van der Waals surface area contributed by atoms with Gasteiger partial charge in [-0.05, 0) is 154 Å². The number of nitrogens with zero attached hydrogens (tertiary/aromatic N) is 2. The van der Waals surface area contributed by atoms with Crippen molar-refractivity contribution in [2.24, 2.45) is 17.3 Å². The van der Waals surface area contributed by atoms with Gasteiger partial charge in [0.15, 0.2) is 0 Å². The maximum Gasteiger partial charge on any atom is 0.323 e. The first kappa shape index (κ1) is 37.1. The Labute approximate surface area is 317 Å². The molecule has 1 aliphatic heterocycles. The Morgan fingerprint density at radius 1 is 1.08 bits per heavy atom. The van der Waals surface area contributed by atoms with Crippen LogP contribution in [-0.4, -0.2) is 72.7 Å². The van der Waals surface area contributed by atoms with Gasteiger partial charge in [0.05, 0.1) is 30.3 Å².